The predicted molar refractivity (Wildman–Crippen MR) is 99.2 cm³/mol. The first-order valence-electron chi connectivity index (χ1n) is 9.42. The number of nitriles is 1. The molecular formula is C20H22N6. The zero-order valence-electron chi connectivity index (χ0n) is 15.0. The minimum Gasteiger partial charge on any atom is -0.356 e. The molecule has 0 radical (unpaired) electrons. The summed E-state index contributed by atoms with van der Waals surface area (Å²) in [6.07, 6.45) is 6.80. The minimum atomic E-state index is 0.603. The molecule has 2 aliphatic heterocycles. The monoisotopic (exact) mass is 346 g/mol. The summed E-state index contributed by atoms with van der Waals surface area (Å²) in [5.74, 6) is 3.18. The fourth-order valence-electron chi connectivity index (χ4n) is 4.85. The molecule has 1 aliphatic carbocycles. The lowest BCUT2D eigenvalue weighted by atomic mass is 10.0. The van der Waals surface area contributed by atoms with Gasteiger partial charge in [0, 0.05) is 55.5 Å². The molecule has 0 N–H and O–H groups in total. The van der Waals surface area contributed by atoms with E-state index in [1.165, 1.54) is 11.3 Å². The molecule has 2 unspecified atom stereocenters. The van der Waals surface area contributed by atoms with E-state index in [-0.39, 0.29) is 0 Å². The minimum absolute atomic E-state index is 0.603. The van der Waals surface area contributed by atoms with E-state index in [1.54, 1.807) is 6.33 Å². The topological polar surface area (TPSA) is 68.9 Å². The third kappa shape index (κ3) is 2.42. The number of aromatic nitrogens is 3. The molecule has 0 aromatic carbocycles. The van der Waals surface area contributed by atoms with Crippen LogP contribution in [0.5, 0.6) is 0 Å². The molecular weight excluding hydrogens is 324 g/mol. The molecule has 2 atom stereocenters. The van der Waals surface area contributed by atoms with Crippen LogP contribution in [0.4, 0.5) is 11.6 Å². The normalized spacial score (nSPS) is 23.8. The molecule has 4 heterocycles. The molecule has 2 aromatic rings. The molecule has 0 amide bonds. The van der Waals surface area contributed by atoms with Gasteiger partial charge in [-0.25, -0.2) is 15.0 Å². The smallest absolute Gasteiger partial charge is 0.146 e. The van der Waals surface area contributed by atoms with Gasteiger partial charge in [0.2, 0.25) is 0 Å². The Bertz CT molecular complexity index is 888. The van der Waals surface area contributed by atoms with Gasteiger partial charge in [-0.1, -0.05) is 0 Å². The quantitative estimate of drug-likeness (QED) is 0.830. The maximum absolute atomic E-state index is 9.60. The van der Waals surface area contributed by atoms with Crippen LogP contribution in [-0.4, -0.2) is 41.1 Å². The molecule has 6 nitrogen and oxygen atoms in total. The molecule has 5 rings (SSSR count). The maximum atomic E-state index is 9.60. The van der Waals surface area contributed by atoms with Gasteiger partial charge in [-0.05, 0) is 37.8 Å². The second-order valence-corrected chi connectivity index (χ2v) is 7.79. The van der Waals surface area contributed by atoms with Gasteiger partial charge in [0.05, 0.1) is 5.56 Å². The van der Waals surface area contributed by atoms with Crippen molar-refractivity contribution in [2.75, 3.05) is 36.0 Å². The highest BCUT2D eigenvalue weighted by molar-refractivity contribution is 5.58. The molecule has 0 bridgehead atoms. The van der Waals surface area contributed by atoms with Crippen molar-refractivity contribution in [2.24, 2.45) is 11.8 Å². The summed E-state index contributed by atoms with van der Waals surface area (Å²) in [5.41, 5.74) is 4.36. The van der Waals surface area contributed by atoms with E-state index in [0.717, 1.165) is 68.2 Å². The number of anilines is 2. The maximum Gasteiger partial charge on any atom is 0.146 e. The zero-order valence-corrected chi connectivity index (χ0v) is 15.0. The average molecular weight is 346 g/mol. The molecule has 0 saturated carbocycles. The molecule has 0 spiro atoms. The first-order valence-corrected chi connectivity index (χ1v) is 9.42. The Hall–Kier alpha value is -2.68. The second-order valence-electron chi connectivity index (χ2n) is 7.79. The number of nitrogens with zero attached hydrogens (tertiary/aromatic N) is 6. The highest BCUT2D eigenvalue weighted by Gasteiger charge is 2.41. The highest BCUT2D eigenvalue weighted by atomic mass is 15.3. The van der Waals surface area contributed by atoms with Gasteiger partial charge in [0.25, 0.3) is 0 Å². The lowest BCUT2D eigenvalue weighted by molar-refractivity contribution is 0.533. The Balaban J connectivity index is 1.36. The number of fused-ring (bicyclic) bond motifs is 2. The first-order chi connectivity index (χ1) is 12.7. The van der Waals surface area contributed by atoms with Crippen molar-refractivity contribution in [3.05, 3.63) is 41.0 Å². The van der Waals surface area contributed by atoms with Gasteiger partial charge in [0.1, 0.15) is 24.0 Å². The summed E-state index contributed by atoms with van der Waals surface area (Å²) in [5, 5.41) is 9.60. The lowest BCUT2D eigenvalue weighted by Gasteiger charge is -2.24. The summed E-state index contributed by atoms with van der Waals surface area (Å²) < 4.78 is 0. The van der Waals surface area contributed by atoms with Crippen molar-refractivity contribution in [3.8, 4) is 6.07 Å². The Labute approximate surface area is 153 Å². The molecule has 6 heteroatoms. The van der Waals surface area contributed by atoms with Gasteiger partial charge in [-0.15, -0.1) is 0 Å². The summed E-state index contributed by atoms with van der Waals surface area (Å²) in [6.45, 7) is 6.07. The molecule has 132 valence electrons. The standard InChI is InChI=1S/C20H22N6/c1-13-7-22-12-23-19(13)25-8-16-10-26(11-17(16)9-25)20-15(6-21)5-14-3-2-4-18(14)24-20/h5,7,12,16-17H,2-4,8-11H2,1H3. The van der Waals surface area contributed by atoms with Crippen LogP contribution in [-0.2, 0) is 12.8 Å². The molecule has 3 aliphatic rings. The van der Waals surface area contributed by atoms with Crippen LogP contribution in [0.15, 0.2) is 18.6 Å². The lowest BCUT2D eigenvalue weighted by Crippen LogP contribution is -2.30. The van der Waals surface area contributed by atoms with Crippen LogP contribution in [0.3, 0.4) is 0 Å². The summed E-state index contributed by atoms with van der Waals surface area (Å²) in [6, 6.07) is 4.46. The van der Waals surface area contributed by atoms with Gasteiger partial charge in [-0.3, -0.25) is 0 Å². The summed E-state index contributed by atoms with van der Waals surface area (Å²) in [7, 11) is 0. The van der Waals surface area contributed by atoms with Gasteiger partial charge in [0.15, 0.2) is 0 Å². The van der Waals surface area contributed by atoms with E-state index in [1.807, 2.05) is 6.20 Å². The summed E-state index contributed by atoms with van der Waals surface area (Å²) >= 11 is 0. The predicted octanol–water partition coefficient (Wildman–Crippen LogP) is 2.11. The van der Waals surface area contributed by atoms with Crippen molar-refractivity contribution in [1.29, 1.82) is 5.26 Å². The fraction of sp³-hybridized carbons (Fsp3) is 0.500. The Morgan fingerprint density at radius 3 is 2.50 bits per heavy atom. The van der Waals surface area contributed by atoms with E-state index < -0.39 is 0 Å². The van der Waals surface area contributed by atoms with Crippen molar-refractivity contribution in [1.82, 2.24) is 15.0 Å². The van der Waals surface area contributed by atoms with Gasteiger partial charge < -0.3 is 9.80 Å². The van der Waals surface area contributed by atoms with E-state index in [2.05, 4.69) is 38.8 Å². The number of aryl methyl sites for hydroxylation is 3. The highest BCUT2D eigenvalue weighted by Crippen LogP contribution is 2.37. The van der Waals surface area contributed by atoms with Gasteiger partial charge in [-0.2, -0.15) is 5.26 Å². The largest absolute Gasteiger partial charge is 0.356 e. The molecule has 2 fully saturated rings. The average Bonchev–Trinajstić information content (AvgIpc) is 3.34. The molecule has 2 saturated heterocycles. The van der Waals surface area contributed by atoms with Crippen LogP contribution in [0.1, 0.15) is 28.8 Å². The van der Waals surface area contributed by atoms with Crippen molar-refractivity contribution >= 4 is 11.6 Å². The first kappa shape index (κ1) is 15.6. The third-order valence-corrected chi connectivity index (χ3v) is 6.10. The third-order valence-electron chi connectivity index (χ3n) is 6.10. The number of rotatable bonds is 2. The Morgan fingerprint density at radius 2 is 1.81 bits per heavy atom. The number of hydrogen-bond donors (Lipinski definition) is 0. The SMILES string of the molecule is Cc1cncnc1N1CC2CN(c3nc4c(cc3C#N)CCC4)CC2C1. The van der Waals surface area contributed by atoms with Crippen molar-refractivity contribution < 1.29 is 0 Å². The van der Waals surface area contributed by atoms with E-state index in [0.29, 0.717) is 11.8 Å². The number of pyridine rings is 1. The van der Waals surface area contributed by atoms with Crippen LogP contribution in [0, 0.1) is 30.1 Å². The number of hydrogen-bond acceptors (Lipinski definition) is 6. The van der Waals surface area contributed by atoms with Crippen molar-refractivity contribution in [3.63, 3.8) is 0 Å². The van der Waals surface area contributed by atoms with Crippen LogP contribution in [0.2, 0.25) is 0 Å². The van der Waals surface area contributed by atoms with Gasteiger partial charge >= 0.3 is 0 Å². The van der Waals surface area contributed by atoms with Crippen LogP contribution >= 0.6 is 0 Å². The van der Waals surface area contributed by atoms with E-state index in [4.69, 9.17) is 4.98 Å². The fourth-order valence-corrected chi connectivity index (χ4v) is 4.85. The Morgan fingerprint density at radius 1 is 1.08 bits per heavy atom. The van der Waals surface area contributed by atoms with E-state index >= 15 is 0 Å². The molecule has 2 aromatic heterocycles. The van der Waals surface area contributed by atoms with Crippen LogP contribution in [0.25, 0.3) is 0 Å². The van der Waals surface area contributed by atoms with E-state index in [9.17, 15) is 5.26 Å². The summed E-state index contributed by atoms with van der Waals surface area (Å²) in [4.78, 5) is 18.2. The zero-order chi connectivity index (χ0) is 17.7. The Kier molecular flexibility index (Phi) is 3.56. The molecule has 26 heavy (non-hydrogen) atoms. The van der Waals surface area contributed by atoms with Crippen LogP contribution < -0.4 is 9.80 Å². The van der Waals surface area contributed by atoms with Crippen molar-refractivity contribution in [2.45, 2.75) is 26.2 Å². The second kappa shape index (κ2) is 5.94.